The zero-order valence-electron chi connectivity index (χ0n) is 12.0. The SMILES string of the molecule is Cc1ccc(C(O)c2nc3ccccc3cc2Br)cc1C. The van der Waals surface area contributed by atoms with Crippen LogP contribution in [0.2, 0.25) is 0 Å². The molecule has 3 aromatic rings. The average molecular weight is 342 g/mol. The molecule has 0 amide bonds. The van der Waals surface area contributed by atoms with E-state index < -0.39 is 6.10 Å². The van der Waals surface area contributed by atoms with E-state index in [-0.39, 0.29) is 0 Å². The normalized spacial score (nSPS) is 12.6. The monoisotopic (exact) mass is 341 g/mol. The van der Waals surface area contributed by atoms with Crippen molar-refractivity contribution in [1.29, 1.82) is 0 Å². The first-order valence-corrected chi connectivity index (χ1v) is 7.66. The Bertz CT molecular complexity index is 813. The smallest absolute Gasteiger partial charge is 0.122 e. The summed E-state index contributed by atoms with van der Waals surface area (Å²) in [6.45, 7) is 4.12. The molecule has 0 radical (unpaired) electrons. The van der Waals surface area contributed by atoms with Crippen LogP contribution in [0.15, 0.2) is 53.0 Å². The number of para-hydroxylation sites is 1. The van der Waals surface area contributed by atoms with Crippen molar-refractivity contribution in [2.75, 3.05) is 0 Å². The highest BCUT2D eigenvalue weighted by Gasteiger charge is 2.16. The summed E-state index contributed by atoms with van der Waals surface area (Å²) in [5.41, 5.74) is 4.79. The Labute approximate surface area is 132 Å². The lowest BCUT2D eigenvalue weighted by molar-refractivity contribution is 0.215. The predicted molar refractivity (Wildman–Crippen MR) is 89.4 cm³/mol. The standard InChI is InChI=1S/C18H16BrNO/c1-11-7-8-14(9-12(11)2)18(21)17-15(19)10-13-5-3-4-6-16(13)20-17/h3-10,18,21H,1-2H3. The van der Waals surface area contributed by atoms with Crippen LogP contribution in [-0.2, 0) is 0 Å². The molecule has 1 aromatic heterocycles. The van der Waals surface area contributed by atoms with Crippen molar-refractivity contribution in [2.24, 2.45) is 0 Å². The molecular weight excluding hydrogens is 326 g/mol. The fraction of sp³-hybridized carbons (Fsp3) is 0.167. The number of benzene rings is 2. The molecule has 0 saturated carbocycles. The summed E-state index contributed by atoms with van der Waals surface area (Å²) in [4.78, 5) is 4.61. The lowest BCUT2D eigenvalue weighted by Crippen LogP contribution is -2.04. The first-order valence-electron chi connectivity index (χ1n) is 6.86. The number of aliphatic hydroxyl groups is 1. The van der Waals surface area contributed by atoms with Gasteiger partial charge in [0.1, 0.15) is 6.10 Å². The summed E-state index contributed by atoms with van der Waals surface area (Å²) in [6, 6.07) is 15.9. The number of pyridine rings is 1. The fourth-order valence-electron chi connectivity index (χ4n) is 2.39. The number of hydrogen-bond donors (Lipinski definition) is 1. The number of aromatic nitrogens is 1. The molecule has 0 aliphatic heterocycles. The molecule has 1 atom stereocenters. The van der Waals surface area contributed by atoms with E-state index in [9.17, 15) is 5.11 Å². The second-order valence-corrected chi connectivity index (χ2v) is 6.15. The van der Waals surface area contributed by atoms with Crippen LogP contribution in [0.3, 0.4) is 0 Å². The summed E-state index contributed by atoms with van der Waals surface area (Å²) < 4.78 is 0.826. The van der Waals surface area contributed by atoms with Crippen LogP contribution in [-0.4, -0.2) is 10.1 Å². The lowest BCUT2D eigenvalue weighted by Gasteiger charge is -2.15. The molecule has 0 spiro atoms. The molecule has 3 heteroatoms. The van der Waals surface area contributed by atoms with E-state index in [4.69, 9.17) is 0 Å². The third kappa shape index (κ3) is 2.71. The maximum Gasteiger partial charge on any atom is 0.122 e. The van der Waals surface area contributed by atoms with E-state index in [1.165, 1.54) is 11.1 Å². The summed E-state index contributed by atoms with van der Waals surface area (Å²) in [5.74, 6) is 0. The molecule has 2 aromatic carbocycles. The maximum absolute atomic E-state index is 10.7. The van der Waals surface area contributed by atoms with Gasteiger partial charge in [-0.2, -0.15) is 0 Å². The van der Waals surface area contributed by atoms with Crippen LogP contribution in [0.4, 0.5) is 0 Å². The minimum absolute atomic E-state index is 0.650. The summed E-state index contributed by atoms with van der Waals surface area (Å²) in [5, 5.41) is 11.7. The minimum atomic E-state index is -0.733. The number of rotatable bonds is 2. The number of aliphatic hydroxyl groups excluding tert-OH is 1. The Hall–Kier alpha value is -1.71. The molecule has 106 valence electrons. The molecular formula is C18H16BrNO. The fourth-order valence-corrected chi connectivity index (χ4v) is 2.94. The van der Waals surface area contributed by atoms with Gasteiger partial charge in [0, 0.05) is 9.86 Å². The Morgan fingerprint density at radius 3 is 2.52 bits per heavy atom. The first-order chi connectivity index (χ1) is 10.1. The molecule has 0 aliphatic carbocycles. The van der Waals surface area contributed by atoms with Crippen molar-refractivity contribution in [3.63, 3.8) is 0 Å². The third-order valence-corrected chi connectivity index (χ3v) is 4.45. The molecule has 0 bridgehead atoms. The van der Waals surface area contributed by atoms with Gasteiger partial charge >= 0.3 is 0 Å². The summed E-state index contributed by atoms with van der Waals surface area (Å²) >= 11 is 3.53. The largest absolute Gasteiger partial charge is 0.382 e. The number of nitrogens with zero attached hydrogens (tertiary/aromatic N) is 1. The van der Waals surface area contributed by atoms with E-state index >= 15 is 0 Å². The number of halogens is 1. The average Bonchev–Trinajstić information content (AvgIpc) is 2.48. The van der Waals surface area contributed by atoms with Crippen molar-refractivity contribution in [2.45, 2.75) is 20.0 Å². The van der Waals surface area contributed by atoms with Crippen molar-refractivity contribution < 1.29 is 5.11 Å². The lowest BCUT2D eigenvalue weighted by atomic mass is 10.0. The van der Waals surface area contributed by atoms with Gasteiger partial charge in [0.2, 0.25) is 0 Å². The highest BCUT2D eigenvalue weighted by atomic mass is 79.9. The van der Waals surface area contributed by atoms with Crippen LogP contribution in [0, 0.1) is 13.8 Å². The van der Waals surface area contributed by atoms with Crippen molar-refractivity contribution in [1.82, 2.24) is 4.98 Å². The maximum atomic E-state index is 10.7. The van der Waals surface area contributed by atoms with Gasteiger partial charge in [-0.1, -0.05) is 36.4 Å². The van der Waals surface area contributed by atoms with Crippen LogP contribution in [0.5, 0.6) is 0 Å². The van der Waals surface area contributed by atoms with Crippen molar-refractivity contribution >= 4 is 26.8 Å². The van der Waals surface area contributed by atoms with Gasteiger partial charge in [-0.25, -0.2) is 4.98 Å². The Morgan fingerprint density at radius 1 is 1.00 bits per heavy atom. The molecule has 0 aliphatic rings. The van der Waals surface area contributed by atoms with E-state index in [0.717, 1.165) is 20.9 Å². The molecule has 3 rings (SSSR count). The van der Waals surface area contributed by atoms with Crippen molar-refractivity contribution in [3.05, 3.63) is 75.4 Å². The number of hydrogen-bond acceptors (Lipinski definition) is 2. The van der Waals surface area contributed by atoms with Gasteiger partial charge in [0.25, 0.3) is 0 Å². The van der Waals surface area contributed by atoms with Gasteiger partial charge in [0.15, 0.2) is 0 Å². The Morgan fingerprint density at radius 2 is 1.76 bits per heavy atom. The minimum Gasteiger partial charge on any atom is -0.382 e. The Balaban J connectivity index is 2.10. The quantitative estimate of drug-likeness (QED) is 0.733. The summed E-state index contributed by atoms with van der Waals surface area (Å²) in [7, 11) is 0. The van der Waals surface area contributed by atoms with Crippen molar-refractivity contribution in [3.8, 4) is 0 Å². The first kappa shape index (κ1) is 14.2. The molecule has 0 saturated heterocycles. The highest BCUT2D eigenvalue weighted by Crippen LogP contribution is 2.30. The van der Waals surface area contributed by atoms with Gasteiger partial charge in [-0.15, -0.1) is 0 Å². The van der Waals surface area contributed by atoms with E-state index in [2.05, 4.69) is 34.8 Å². The van der Waals surface area contributed by atoms with Gasteiger partial charge in [-0.3, -0.25) is 0 Å². The molecule has 2 nitrogen and oxygen atoms in total. The second kappa shape index (κ2) is 5.58. The van der Waals surface area contributed by atoms with E-state index in [1.807, 2.05) is 48.5 Å². The zero-order chi connectivity index (χ0) is 15.0. The number of fused-ring (bicyclic) bond motifs is 1. The molecule has 1 N–H and O–H groups in total. The van der Waals surface area contributed by atoms with Crippen LogP contribution < -0.4 is 0 Å². The molecule has 0 fully saturated rings. The van der Waals surface area contributed by atoms with Gasteiger partial charge < -0.3 is 5.11 Å². The summed E-state index contributed by atoms with van der Waals surface area (Å²) in [6.07, 6.45) is -0.733. The van der Waals surface area contributed by atoms with Gasteiger partial charge in [0.05, 0.1) is 11.2 Å². The third-order valence-electron chi connectivity index (χ3n) is 3.81. The number of aryl methyl sites for hydroxylation is 2. The Kier molecular flexibility index (Phi) is 3.79. The van der Waals surface area contributed by atoms with Crippen LogP contribution >= 0.6 is 15.9 Å². The van der Waals surface area contributed by atoms with E-state index in [1.54, 1.807) is 0 Å². The van der Waals surface area contributed by atoms with Crippen LogP contribution in [0.1, 0.15) is 28.5 Å². The molecule has 1 heterocycles. The predicted octanol–water partition coefficient (Wildman–Crippen LogP) is 4.70. The zero-order valence-corrected chi connectivity index (χ0v) is 13.6. The second-order valence-electron chi connectivity index (χ2n) is 5.29. The molecule has 1 unspecified atom stereocenters. The topological polar surface area (TPSA) is 33.1 Å². The molecule has 21 heavy (non-hydrogen) atoms. The highest BCUT2D eigenvalue weighted by molar-refractivity contribution is 9.10. The van der Waals surface area contributed by atoms with Gasteiger partial charge in [-0.05, 0) is 58.6 Å². The van der Waals surface area contributed by atoms with E-state index in [0.29, 0.717) is 5.69 Å². The van der Waals surface area contributed by atoms with Crippen LogP contribution in [0.25, 0.3) is 10.9 Å².